The van der Waals surface area contributed by atoms with Crippen molar-refractivity contribution in [2.75, 3.05) is 32.5 Å². The second kappa shape index (κ2) is 13.5. The maximum absolute atomic E-state index is 11.3. The first-order valence-electron chi connectivity index (χ1n) is 12.9. The summed E-state index contributed by atoms with van der Waals surface area (Å²) in [6, 6.07) is 15.5. The summed E-state index contributed by atoms with van der Waals surface area (Å²) >= 11 is 8.05. The van der Waals surface area contributed by atoms with E-state index in [4.69, 9.17) is 16.3 Å². The third-order valence-corrected chi connectivity index (χ3v) is 8.85. The van der Waals surface area contributed by atoms with E-state index in [1.165, 1.54) is 0 Å². The van der Waals surface area contributed by atoms with Gasteiger partial charge in [-0.2, -0.15) is 0 Å². The lowest BCUT2D eigenvalue weighted by atomic mass is 9.79. The zero-order valence-electron chi connectivity index (χ0n) is 21.2. The number of fused-ring (bicyclic) bond motifs is 1. The van der Waals surface area contributed by atoms with E-state index in [2.05, 4.69) is 9.88 Å². The van der Waals surface area contributed by atoms with E-state index in [1.807, 2.05) is 48.5 Å². The average molecular weight is 543 g/mol. The summed E-state index contributed by atoms with van der Waals surface area (Å²) in [5, 5.41) is 22.1. The lowest BCUT2D eigenvalue weighted by Gasteiger charge is -2.39. The minimum absolute atomic E-state index is 0.181. The summed E-state index contributed by atoms with van der Waals surface area (Å²) in [7, 11) is 1.63. The first kappa shape index (κ1) is 27.7. The zero-order chi connectivity index (χ0) is 26.2. The van der Waals surface area contributed by atoms with Crippen LogP contribution in [0.2, 0.25) is 5.02 Å². The standard InChI is InChI=1S/C29H35ClN2O4S/c1-36-22-8-9-26-24(18-22)23(12-14-31-26)27(33)10-6-20-13-15-32(19-21(20)7-11-29(34)35)16-17-37-28-5-3-2-4-25(28)30/h2-5,8-9,12,14,18,20-21,27,33H,6-7,10-11,13,15-17,19H2,1H3,(H,34,35)/t20-,21+,27?/m1/s1. The number of carboxylic acids is 1. The van der Waals surface area contributed by atoms with Gasteiger partial charge in [-0.25, -0.2) is 0 Å². The number of thioether (sulfide) groups is 1. The Balaban J connectivity index is 1.35. The van der Waals surface area contributed by atoms with Crippen molar-refractivity contribution in [3.8, 4) is 5.75 Å². The van der Waals surface area contributed by atoms with E-state index in [-0.39, 0.29) is 6.42 Å². The number of halogens is 1. The molecule has 4 rings (SSSR count). The van der Waals surface area contributed by atoms with Crippen molar-refractivity contribution in [1.82, 2.24) is 9.88 Å². The van der Waals surface area contributed by atoms with E-state index >= 15 is 0 Å². The van der Waals surface area contributed by atoms with Gasteiger partial charge in [0.2, 0.25) is 0 Å². The minimum atomic E-state index is -0.748. The van der Waals surface area contributed by atoms with Gasteiger partial charge in [0.1, 0.15) is 5.75 Å². The predicted molar refractivity (Wildman–Crippen MR) is 150 cm³/mol. The fraction of sp³-hybridized carbons (Fsp3) is 0.448. The largest absolute Gasteiger partial charge is 0.497 e. The zero-order valence-corrected chi connectivity index (χ0v) is 22.8. The maximum Gasteiger partial charge on any atom is 0.303 e. The van der Waals surface area contributed by atoms with E-state index in [0.29, 0.717) is 24.7 Å². The molecule has 0 saturated carbocycles. The molecule has 1 aromatic heterocycles. The van der Waals surface area contributed by atoms with Crippen LogP contribution >= 0.6 is 23.4 Å². The third-order valence-electron chi connectivity index (χ3n) is 7.36. The number of piperidine rings is 1. The molecule has 2 aromatic carbocycles. The van der Waals surface area contributed by atoms with Crippen LogP contribution in [0.3, 0.4) is 0 Å². The Hall–Kier alpha value is -2.32. The molecule has 0 bridgehead atoms. The minimum Gasteiger partial charge on any atom is -0.497 e. The van der Waals surface area contributed by atoms with Gasteiger partial charge in [-0.3, -0.25) is 9.78 Å². The smallest absolute Gasteiger partial charge is 0.303 e. The highest BCUT2D eigenvalue weighted by Gasteiger charge is 2.30. The van der Waals surface area contributed by atoms with Crippen LogP contribution in [0.25, 0.3) is 10.9 Å². The third kappa shape index (κ3) is 7.60. The first-order chi connectivity index (χ1) is 17.9. The Labute approximate surface area is 228 Å². The van der Waals surface area contributed by atoms with Crippen LogP contribution < -0.4 is 4.74 Å². The SMILES string of the molecule is COc1ccc2nccc(C(O)CC[C@@H]3CCN(CCSc4ccccc4Cl)C[C@@H]3CCC(=O)O)c2c1. The van der Waals surface area contributed by atoms with Crippen molar-refractivity contribution in [3.05, 3.63) is 65.3 Å². The van der Waals surface area contributed by atoms with Crippen LogP contribution in [-0.2, 0) is 4.79 Å². The van der Waals surface area contributed by atoms with Crippen LogP contribution in [-0.4, -0.2) is 58.6 Å². The lowest BCUT2D eigenvalue weighted by Crippen LogP contribution is -2.41. The number of likely N-dealkylation sites (tertiary alicyclic amines) is 1. The Bertz CT molecular complexity index is 1190. The van der Waals surface area contributed by atoms with Gasteiger partial charge >= 0.3 is 5.97 Å². The summed E-state index contributed by atoms with van der Waals surface area (Å²) in [5.74, 6) is 1.63. The summed E-state index contributed by atoms with van der Waals surface area (Å²) in [5.41, 5.74) is 1.69. The number of pyridine rings is 1. The van der Waals surface area contributed by atoms with Crippen LogP contribution in [0.1, 0.15) is 43.8 Å². The number of benzene rings is 2. The van der Waals surface area contributed by atoms with Gasteiger partial charge in [0.25, 0.3) is 0 Å². The number of aliphatic carboxylic acids is 1. The predicted octanol–water partition coefficient (Wildman–Crippen LogP) is 6.31. The van der Waals surface area contributed by atoms with Crippen molar-refractivity contribution in [3.63, 3.8) is 0 Å². The molecule has 6 nitrogen and oxygen atoms in total. The number of rotatable bonds is 12. The number of hydrogen-bond acceptors (Lipinski definition) is 6. The van der Waals surface area contributed by atoms with Crippen LogP contribution in [0.15, 0.2) is 59.6 Å². The van der Waals surface area contributed by atoms with Gasteiger partial charge in [0.05, 0.1) is 23.8 Å². The molecule has 0 amide bonds. The van der Waals surface area contributed by atoms with Crippen LogP contribution in [0.5, 0.6) is 5.75 Å². The highest BCUT2D eigenvalue weighted by Crippen LogP contribution is 2.35. The Morgan fingerprint density at radius 3 is 2.84 bits per heavy atom. The number of carboxylic acid groups (broad SMARTS) is 1. The normalized spacial score (nSPS) is 19.1. The van der Waals surface area contributed by atoms with Gasteiger partial charge in [-0.15, -0.1) is 11.8 Å². The summed E-state index contributed by atoms with van der Waals surface area (Å²) < 4.78 is 5.37. The fourth-order valence-electron chi connectivity index (χ4n) is 5.31. The fourth-order valence-corrected chi connectivity index (χ4v) is 6.56. The molecule has 1 fully saturated rings. The molecule has 2 N–H and O–H groups in total. The molecular formula is C29H35ClN2O4S. The number of methoxy groups -OCH3 is 1. The number of aliphatic hydroxyl groups excluding tert-OH is 1. The summed E-state index contributed by atoms with van der Waals surface area (Å²) in [6.45, 7) is 2.83. The Morgan fingerprint density at radius 1 is 1.22 bits per heavy atom. The van der Waals surface area contributed by atoms with Gasteiger partial charge in [0, 0.05) is 41.7 Å². The number of ether oxygens (including phenoxy) is 1. The molecular weight excluding hydrogens is 508 g/mol. The van der Waals surface area contributed by atoms with Gasteiger partial charge in [-0.1, -0.05) is 23.7 Å². The van der Waals surface area contributed by atoms with Crippen LogP contribution in [0.4, 0.5) is 0 Å². The Kier molecular flexibility index (Phi) is 10.1. The van der Waals surface area contributed by atoms with E-state index in [9.17, 15) is 15.0 Å². The summed E-state index contributed by atoms with van der Waals surface area (Å²) in [4.78, 5) is 19.3. The van der Waals surface area contributed by atoms with Crippen LogP contribution in [0, 0.1) is 11.8 Å². The molecule has 1 unspecified atom stereocenters. The van der Waals surface area contributed by atoms with Crippen molar-refractivity contribution in [1.29, 1.82) is 0 Å². The molecule has 3 aromatic rings. The quantitative estimate of drug-likeness (QED) is 0.260. The lowest BCUT2D eigenvalue weighted by molar-refractivity contribution is -0.137. The molecule has 1 aliphatic rings. The Morgan fingerprint density at radius 2 is 2.05 bits per heavy atom. The molecule has 0 aliphatic carbocycles. The highest BCUT2D eigenvalue weighted by atomic mass is 35.5. The number of aliphatic hydroxyl groups is 1. The second-order valence-electron chi connectivity index (χ2n) is 9.70. The van der Waals surface area contributed by atoms with Crippen molar-refractivity contribution in [2.45, 2.75) is 43.1 Å². The topological polar surface area (TPSA) is 82.9 Å². The van der Waals surface area contributed by atoms with Gasteiger partial charge in [-0.05, 0) is 86.0 Å². The number of hydrogen-bond donors (Lipinski definition) is 2. The average Bonchev–Trinajstić information content (AvgIpc) is 2.91. The number of aromatic nitrogens is 1. The molecule has 8 heteroatoms. The number of nitrogens with zero attached hydrogens (tertiary/aromatic N) is 2. The molecule has 3 atom stereocenters. The van der Waals surface area contributed by atoms with Crippen molar-refractivity contribution < 1.29 is 19.7 Å². The summed E-state index contributed by atoms with van der Waals surface area (Å²) in [6.07, 6.45) is 4.48. The molecule has 1 aliphatic heterocycles. The number of carbonyl (C=O) groups is 1. The monoisotopic (exact) mass is 542 g/mol. The second-order valence-corrected chi connectivity index (χ2v) is 11.2. The van der Waals surface area contributed by atoms with Crippen molar-refractivity contribution in [2.24, 2.45) is 11.8 Å². The first-order valence-corrected chi connectivity index (χ1v) is 14.2. The van der Waals surface area contributed by atoms with Crippen molar-refractivity contribution >= 4 is 40.2 Å². The molecule has 1 saturated heterocycles. The maximum atomic E-state index is 11.3. The van der Waals surface area contributed by atoms with Gasteiger partial charge in [0.15, 0.2) is 0 Å². The van der Waals surface area contributed by atoms with E-state index in [0.717, 1.165) is 70.4 Å². The molecule has 37 heavy (non-hydrogen) atoms. The highest BCUT2D eigenvalue weighted by molar-refractivity contribution is 7.99. The molecule has 0 radical (unpaired) electrons. The van der Waals surface area contributed by atoms with Gasteiger partial charge < -0.3 is 19.8 Å². The molecule has 198 valence electrons. The molecule has 2 heterocycles. The molecule has 0 spiro atoms. The van der Waals surface area contributed by atoms with E-state index < -0.39 is 12.1 Å². The van der Waals surface area contributed by atoms with E-state index in [1.54, 1.807) is 25.1 Å².